The first-order valence-corrected chi connectivity index (χ1v) is 6.74. The van der Waals surface area contributed by atoms with Gasteiger partial charge in [-0.3, -0.25) is 4.79 Å². The average molecular weight is 262 g/mol. The summed E-state index contributed by atoms with van der Waals surface area (Å²) in [5, 5.41) is 2.79. The minimum atomic E-state index is -0.0784. The Morgan fingerprint density at radius 1 is 1.37 bits per heavy atom. The maximum Gasteiger partial charge on any atom is 0.221 e. The molecule has 104 valence electrons. The first-order valence-electron chi connectivity index (χ1n) is 6.74. The van der Waals surface area contributed by atoms with Crippen LogP contribution in [0, 0.1) is 0 Å². The van der Waals surface area contributed by atoms with E-state index >= 15 is 0 Å². The molecule has 0 unspecified atom stereocenters. The second-order valence-corrected chi connectivity index (χ2v) is 5.22. The van der Waals surface area contributed by atoms with Gasteiger partial charge in [-0.2, -0.15) is 0 Å². The summed E-state index contributed by atoms with van der Waals surface area (Å²) in [4.78, 5) is 13.5. The number of nitrogens with zero attached hydrogens (tertiary/aromatic N) is 1. The zero-order chi connectivity index (χ0) is 13.8. The van der Waals surface area contributed by atoms with Gasteiger partial charge < -0.3 is 15.0 Å². The Labute approximate surface area is 114 Å². The third kappa shape index (κ3) is 3.47. The van der Waals surface area contributed by atoms with Crippen molar-refractivity contribution < 1.29 is 9.53 Å². The van der Waals surface area contributed by atoms with Crippen molar-refractivity contribution in [2.45, 2.75) is 25.7 Å². The van der Waals surface area contributed by atoms with Gasteiger partial charge in [-0.15, -0.1) is 0 Å². The standard InChI is InChI=1S/C15H22N2O2/c1-11(18)16-14-5-4-13(10-15(14)19-3)12-6-8-17(2)9-7-12/h4-5,10,12H,6-9H2,1-3H3,(H,16,18). The van der Waals surface area contributed by atoms with E-state index in [1.54, 1.807) is 7.11 Å². The van der Waals surface area contributed by atoms with E-state index < -0.39 is 0 Å². The zero-order valence-electron chi connectivity index (χ0n) is 11.9. The number of methoxy groups -OCH3 is 1. The number of hydrogen-bond acceptors (Lipinski definition) is 3. The maximum absolute atomic E-state index is 11.1. The van der Waals surface area contributed by atoms with Crippen LogP contribution in [0.5, 0.6) is 5.75 Å². The van der Waals surface area contributed by atoms with Crippen molar-refractivity contribution in [3.8, 4) is 5.75 Å². The zero-order valence-corrected chi connectivity index (χ0v) is 11.9. The van der Waals surface area contributed by atoms with Crippen molar-refractivity contribution >= 4 is 11.6 Å². The molecule has 4 nitrogen and oxygen atoms in total. The molecule has 2 rings (SSSR count). The van der Waals surface area contributed by atoms with Crippen LogP contribution in [0.2, 0.25) is 0 Å². The van der Waals surface area contributed by atoms with Crippen molar-refractivity contribution in [1.82, 2.24) is 4.90 Å². The number of rotatable bonds is 3. The number of carbonyl (C=O) groups is 1. The molecule has 1 amide bonds. The van der Waals surface area contributed by atoms with Crippen molar-refractivity contribution in [2.24, 2.45) is 0 Å². The van der Waals surface area contributed by atoms with Gasteiger partial charge in [-0.25, -0.2) is 0 Å². The number of amides is 1. The van der Waals surface area contributed by atoms with Gasteiger partial charge in [0.25, 0.3) is 0 Å². The van der Waals surface area contributed by atoms with Crippen LogP contribution in [-0.4, -0.2) is 38.1 Å². The van der Waals surface area contributed by atoms with E-state index in [-0.39, 0.29) is 5.91 Å². The highest BCUT2D eigenvalue weighted by Crippen LogP contribution is 2.33. The highest BCUT2D eigenvalue weighted by Gasteiger charge is 2.19. The van der Waals surface area contributed by atoms with E-state index in [0.29, 0.717) is 5.92 Å². The first-order chi connectivity index (χ1) is 9.10. The molecular weight excluding hydrogens is 240 g/mol. The molecule has 1 aliphatic rings. The Morgan fingerprint density at radius 2 is 2.05 bits per heavy atom. The molecule has 1 fully saturated rings. The Kier molecular flexibility index (Phi) is 4.43. The molecule has 4 heteroatoms. The molecular formula is C15H22N2O2. The van der Waals surface area contributed by atoms with Gasteiger partial charge in [0.05, 0.1) is 12.8 Å². The number of carbonyl (C=O) groups excluding carboxylic acids is 1. The Morgan fingerprint density at radius 3 is 2.63 bits per heavy atom. The molecule has 1 aromatic rings. The largest absolute Gasteiger partial charge is 0.495 e. The summed E-state index contributed by atoms with van der Waals surface area (Å²) in [6.45, 7) is 3.78. The Balaban J connectivity index is 2.16. The van der Waals surface area contributed by atoms with Gasteiger partial charge in [-0.1, -0.05) is 6.07 Å². The topological polar surface area (TPSA) is 41.6 Å². The molecule has 1 aliphatic heterocycles. The lowest BCUT2D eigenvalue weighted by atomic mass is 9.89. The smallest absolute Gasteiger partial charge is 0.221 e. The van der Waals surface area contributed by atoms with Gasteiger partial charge in [0.1, 0.15) is 5.75 Å². The summed E-state index contributed by atoms with van der Waals surface area (Å²) in [5.41, 5.74) is 2.05. The summed E-state index contributed by atoms with van der Waals surface area (Å²) in [7, 11) is 3.80. The monoisotopic (exact) mass is 262 g/mol. The highest BCUT2D eigenvalue weighted by atomic mass is 16.5. The number of likely N-dealkylation sites (tertiary alicyclic amines) is 1. The molecule has 19 heavy (non-hydrogen) atoms. The summed E-state index contributed by atoms with van der Waals surface area (Å²) in [6.07, 6.45) is 2.36. The minimum absolute atomic E-state index is 0.0784. The van der Waals surface area contributed by atoms with E-state index in [0.717, 1.165) is 24.5 Å². The lowest BCUT2D eigenvalue weighted by Crippen LogP contribution is -2.29. The molecule has 1 saturated heterocycles. The number of ether oxygens (including phenoxy) is 1. The molecule has 0 saturated carbocycles. The van der Waals surface area contributed by atoms with Gasteiger partial charge in [0, 0.05) is 6.92 Å². The number of nitrogens with one attached hydrogen (secondary N) is 1. The second-order valence-electron chi connectivity index (χ2n) is 5.22. The molecule has 0 aromatic heterocycles. The normalized spacial score (nSPS) is 17.2. The predicted molar refractivity (Wildman–Crippen MR) is 76.8 cm³/mol. The van der Waals surface area contributed by atoms with E-state index in [1.165, 1.54) is 25.3 Å². The van der Waals surface area contributed by atoms with Crippen LogP contribution >= 0.6 is 0 Å². The summed E-state index contributed by atoms with van der Waals surface area (Å²) >= 11 is 0. The molecule has 0 bridgehead atoms. The molecule has 0 atom stereocenters. The van der Waals surface area contributed by atoms with Gasteiger partial charge in [-0.05, 0) is 56.6 Å². The van der Waals surface area contributed by atoms with Crippen LogP contribution in [0.1, 0.15) is 31.2 Å². The molecule has 1 aromatic carbocycles. The number of hydrogen-bond donors (Lipinski definition) is 1. The van der Waals surface area contributed by atoms with Gasteiger partial charge in [0.2, 0.25) is 5.91 Å². The SMILES string of the molecule is COc1cc(C2CCN(C)CC2)ccc1NC(C)=O. The van der Waals surface area contributed by atoms with E-state index in [9.17, 15) is 4.79 Å². The average Bonchev–Trinajstić information content (AvgIpc) is 2.39. The quantitative estimate of drug-likeness (QED) is 0.910. The summed E-state index contributed by atoms with van der Waals surface area (Å²) in [5.74, 6) is 1.26. The van der Waals surface area contributed by atoms with Crippen molar-refractivity contribution in [3.63, 3.8) is 0 Å². The van der Waals surface area contributed by atoms with E-state index in [2.05, 4.69) is 29.4 Å². The third-order valence-electron chi connectivity index (χ3n) is 3.73. The van der Waals surface area contributed by atoms with E-state index in [4.69, 9.17) is 4.74 Å². The van der Waals surface area contributed by atoms with Crippen LogP contribution in [0.3, 0.4) is 0 Å². The third-order valence-corrected chi connectivity index (χ3v) is 3.73. The molecule has 0 aliphatic carbocycles. The molecule has 1 N–H and O–H groups in total. The number of benzene rings is 1. The fraction of sp³-hybridized carbons (Fsp3) is 0.533. The second kappa shape index (κ2) is 6.06. The summed E-state index contributed by atoms with van der Waals surface area (Å²) < 4.78 is 5.37. The van der Waals surface area contributed by atoms with Crippen LogP contribution in [0.4, 0.5) is 5.69 Å². The number of piperidine rings is 1. The fourth-order valence-electron chi connectivity index (χ4n) is 2.60. The van der Waals surface area contributed by atoms with Crippen molar-refractivity contribution in [1.29, 1.82) is 0 Å². The van der Waals surface area contributed by atoms with E-state index in [1.807, 2.05) is 6.07 Å². The van der Waals surface area contributed by atoms with Crippen molar-refractivity contribution in [3.05, 3.63) is 23.8 Å². The summed E-state index contributed by atoms with van der Waals surface area (Å²) in [6, 6.07) is 6.10. The van der Waals surface area contributed by atoms with Gasteiger partial charge >= 0.3 is 0 Å². The lowest BCUT2D eigenvalue weighted by Gasteiger charge is -2.29. The molecule has 1 heterocycles. The van der Waals surface area contributed by atoms with Gasteiger partial charge in [0.15, 0.2) is 0 Å². The van der Waals surface area contributed by atoms with Crippen LogP contribution in [0.15, 0.2) is 18.2 Å². The Bertz CT molecular complexity index is 451. The predicted octanol–water partition coefficient (Wildman–Crippen LogP) is 2.46. The fourth-order valence-corrected chi connectivity index (χ4v) is 2.60. The van der Waals surface area contributed by atoms with Crippen LogP contribution in [-0.2, 0) is 4.79 Å². The van der Waals surface area contributed by atoms with Crippen LogP contribution in [0.25, 0.3) is 0 Å². The highest BCUT2D eigenvalue weighted by molar-refractivity contribution is 5.90. The number of anilines is 1. The maximum atomic E-state index is 11.1. The van der Waals surface area contributed by atoms with Crippen LogP contribution < -0.4 is 10.1 Å². The lowest BCUT2D eigenvalue weighted by molar-refractivity contribution is -0.114. The Hall–Kier alpha value is -1.55. The molecule has 0 spiro atoms. The minimum Gasteiger partial charge on any atom is -0.495 e. The van der Waals surface area contributed by atoms with Crippen molar-refractivity contribution in [2.75, 3.05) is 32.6 Å². The molecule has 0 radical (unpaired) electrons. The first kappa shape index (κ1) is 13.9.